The summed E-state index contributed by atoms with van der Waals surface area (Å²) < 4.78 is 39.5. The van der Waals surface area contributed by atoms with Crippen molar-refractivity contribution in [1.29, 1.82) is 0 Å². The van der Waals surface area contributed by atoms with Gasteiger partial charge < -0.3 is 5.11 Å². The van der Waals surface area contributed by atoms with Gasteiger partial charge in [-0.3, -0.25) is 0 Å². The van der Waals surface area contributed by atoms with Crippen molar-refractivity contribution in [2.24, 2.45) is 0 Å². The van der Waals surface area contributed by atoms with E-state index in [1.165, 1.54) is 0 Å². The van der Waals surface area contributed by atoms with Gasteiger partial charge in [-0.2, -0.15) is 0 Å². The van der Waals surface area contributed by atoms with E-state index in [0.717, 1.165) is 25.0 Å². The minimum Gasteiger partial charge on any atom is -0.478 e. The largest absolute Gasteiger partial charge is 0.478 e. The Bertz CT molecular complexity index is 557. The number of hydrogen-bond acceptors (Lipinski definition) is 3. The predicted molar refractivity (Wildman–Crippen MR) is 68.1 cm³/mol. The van der Waals surface area contributed by atoms with E-state index >= 15 is 0 Å². The molecule has 1 aromatic rings. The van der Waals surface area contributed by atoms with Crippen LogP contribution in [0.2, 0.25) is 0 Å². The van der Waals surface area contributed by atoms with Crippen LogP contribution < -0.4 is 4.72 Å². The van der Waals surface area contributed by atoms with Crippen LogP contribution in [0.25, 0.3) is 0 Å². The summed E-state index contributed by atoms with van der Waals surface area (Å²) in [6, 6.07) is 2.72. The van der Waals surface area contributed by atoms with Gasteiger partial charge in [-0.25, -0.2) is 22.3 Å². The lowest BCUT2D eigenvalue weighted by Crippen LogP contribution is -2.25. The lowest BCUT2D eigenvalue weighted by molar-refractivity contribution is 0.0696. The predicted octanol–water partition coefficient (Wildman–Crippen LogP) is 1.99. The Morgan fingerprint density at radius 3 is 2.58 bits per heavy atom. The first-order valence-electron chi connectivity index (χ1n) is 5.91. The van der Waals surface area contributed by atoms with Crippen molar-refractivity contribution in [2.45, 2.75) is 31.1 Å². The van der Waals surface area contributed by atoms with Crippen molar-refractivity contribution >= 4 is 16.0 Å². The maximum atomic E-state index is 13.6. The third-order valence-electron chi connectivity index (χ3n) is 2.54. The van der Waals surface area contributed by atoms with Crippen LogP contribution in [0.3, 0.4) is 0 Å². The first-order valence-corrected chi connectivity index (χ1v) is 7.39. The molecule has 0 radical (unpaired) electrons. The lowest BCUT2D eigenvalue weighted by atomic mass is 10.2. The van der Waals surface area contributed by atoms with E-state index in [4.69, 9.17) is 5.11 Å². The van der Waals surface area contributed by atoms with Gasteiger partial charge in [-0.15, -0.1) is 0 Å². The van der Waals surface area contributed by atoms with E-state index in [-0.39, 0.29) is 12.1 Å². The van der Waals surface area contributed by atoms with Crippen LogP contribution in [-0.4, -0.2) is 26.0 Å². The highest BCUT2D eigenvalue weighted by Gasteiger charge is 2.19. The third kappa shape index (κ3) is 4.29. The number of carboxylic acids is 1. The number of carbonyl (C=O) groups is 1. The quantitative estimate of drug-likeness (QED) is 0.752. The van der Waals surface area contributed by atoms with Gasteiger partial charge in [-0.05, 0) is 24.6 Å². The zero-order chi connectivity index (χ0) is 14.5. The number of halogens is 1. The van der Waals surface area contributed by atoms with Crippen LogP contribution in [0, 0.1) is 5.82 Å². The number of rotatable bonds is 7. The van der Waals surface area contributed by atoms with E-state index in [2.05, 4.69) is 4.72 Å². The third-order valence-corrected chi connectivity index (χ3v) is 4.04. The van der Waals surface area contributed by atoms with Gasteiger partial charge in [0, 0.05) is 6.54 Å². The molecule has 0 amide bonds. The molecule has 0 aliphatic rings. The molecule has 0 atom stereocenters. The Morgan fingerprint density at radius 2 is 2.05 bits per heavy atom. The molecule has 0 aromatic heterocycles. The van der Waals surface area contributed by atoms with Crippen molar-refractivity contribution in [3.05, 3.63) is 29.6 Å². The lowest BCUT2D eigenvalue weighted by Gasteiger charge is -2.07. The van der Waals surface area contributed by atoms with E-state index in [0.29, 0.717) is 12.5 Å². The second-order valence-corrected chi connectivity index (χ2v) is 5.79. The van der Waals surface area contributed by atoms with Crippen LogP contribution in [-0.2, 0) is 10.0 Å². The Morgan fingerprint density at radius 1 is 1.37 bits per heavy atom. The Balaban J connectivity index is 2.87. The molecule has 0 unspecified atom stereocenters. The first-order chi connectivity index (χ1) is 8.88. The fraction of sp³-hybridized carbons (Fsp3) is 0.417. The molecule has 0 aliphatic heterocycles. The summed E-state index contributed by atoms with van der Waals surface area (Å²) in [5, 5.41) is 8.67. The Kier molecular flexibility index (Phi) is 5.44. The number of unbranched alkanes of at least 4 members (excludes halogenated alkanes) is 2. The van der Waals surface area contributed by atoms with Crippen LogP contribution in [0.5, 0.6) is 0 Å². The normalized spacial score (nSPS) is 11.5. The zero-order valence-corrected chi connectivity index (χ0v) is 11.3. The fourth-order valence-electron chi connectivity index (χ4n) is 1.51. The second-order valence-electron chi connectivity index (χ2n) is 4.06. The molecular weight excluding hydrogens is 273 g/mol. The SMILES string of the molecule is CCCCCNS(=O)(=O)c1ccc(C(=O)O)cc1F. The molecule has 0 bridgehead atoms. The Labute approximate surface area is 111 Å². The van der Waals surface area contributed by atoms with Crippen molar-refractivity contribution in [2.75, 3.05) is 6.54 Å². The fourth-order valence-corrected chi connectivity index (χ4v) is 2.64. The molecule has 0 fully saturated rings. The molecule has 5 nitrogen and oxygen atoms in total. The monoisotopic (exact) mass is 289 g/mol. The summed E-state index contributed by atoms with van der Waals surface area (Å²) in [5.74, 6) is -2.37. The highest BCUT2D eigenvalue weighted by molar-refractivity contribution is 7.89. The Hall–Kier alpha value is -1.47. The van der Waals surface area contributed by atoms with Crippen LogP contribution in [0.1, 0.15) is 36.5 Å². The van der Waals surface area contributed by atoms with E-state index in [1.54, 1.807) is 0 Å². The molecule has 106 valence electrons. The second kappa shape index (κ2) is 6.63. The molecule has 0 aliphatic carbocycles. The van der Waals surface area contributed by atoms with Gasteiger partial charge in [0.15, 0.2) is 0 Å². The zero-order valence-electron chi connectivity index (χ0n) is 10.5. The summed E-state index contributed by atoms with van der Waals surface area (Å²) in [7, 11) is -3.93. The highest BCUT2D eigenvalue weighted by Crippen LogP contribution is 2.16. The minimum absolute atomic E-state index is 0.232. The average molecular weight is 289 g/mol. The van der Waals surface area contributed by atoms with Gasteiger partial charge >= 0.3 is 5.97 Å². The number of aromatic carboxylic acids is 1. The summed E-state index contributed by atoms with van der Waals surface area (Å²) in [5.41, 5.74) is -0.289. The van der Waals surface area contributed by atoms with Crippen LogP contribution >= 0.6 is 0 Å². The molecule has 0 spiro atoms. The van der Waals surface area contributed by atoms with Crippen molar-refractivity contribution < 1.29 is 22.7 Å². The number of nitrogens with one attached hydrogen (secondary N) is 1. The number of benzene rings is 1. The molecule has 0 saturated heterocycles. The number of carboxylic acid groups (broad SMARTS) is 1. The molecule has 0 saturated carbocycles. The maximum absolute atomic E-state index is 13.6. The summed E-state index contributed by atoms with van der Waals surface area (Å²) >= 11 is 0. The summed E-state index contributed by atoms with van der Waals surface area (Å²) in [6.45, 7) is 2.22. The molecule has 1 rings (SSSR count). The number of sulfonamides is 1. The van der Waals surface area contributed by atoms with Crippen LogP contribution in [0.4, 0.5) is 4.39 Å². The maximum Gasteiger partial charge on any atom is 0.335 e. The average Bonchev–Trinajstić information content (AvgIpc) is 2.34. The highest BCUT2D eigenvalue weighted by atomic mass is 32.2. The molecule has 7 heteroatoms. The van der Waals surface area contributed by atoms with Crippen molar-refractivity contribution in [3.63, 3.8) is 0 Å². The van der Waals surface area contributed by atoms with E-state index in [9.17, 15) is 17.6 Å². The summed E-state index contributed by atoms with van der Waals surface area (Å²) in [6.07, 6.45) is 2.50. The summed E-state index contributed by atoms with van der Waals surface area (Å²) in [4.78, 5) is 10.1. The molecule has 2 N–H and O–H groups in total. The van der Waals surface area contributed by atoms with Gasteiger partial charge in [0.2, 0.25) is 10.0 Å². The number of hydrogen-bond donors (Lipinski definition) is 2. The van der Waals surface area contributed by atoms with Gasteiger partial charge in [0.25, 0.3) is 0 Å². The van der Waals surface area contributed by atoms with Crippen LogP contribution in [0.15, 0.2) is 23.1 Å². The molecular formula is C12H16FNO4S. The van der Waals surface area contributed by atoms with Gasteiger partial charge in [-0.1, -0.05) is 19.8 Å². The minimum atomic E-state index is -3.93. The standard InChI is InChI=1S/C12H16FNO4S/c1-2-3-4-7-14-19(17,18)11-6-5-9(12(15)16)8-10(11)13/h5-6,8,14H,2-4,7H2,1H3,(H,15,16). The molecule has 19 heavy (non-hydrogen) atoms. The smallest absolute Gasteiger partial charge is 0.335 e. The van der Waals surface area contributed by atoms with E-state index in [1.807, 2.05) is 6.92 Å². The molecule has 1 aromatic carbocycles. The first kappa shape index (κ1) is 15.6. The topological polar surface area (TPSA) is 83.5 Å². The van der Waals surface area contributed by atoms with Crippen molar-refractivity contribution in [3.8, 4) is 0 Å². The van der Waals surface area contributed by atoms with Crippen molar-refractivity contribution in [1.82, 2.24) is 4.72 Å². The van der Waals surface area contributed by atoms with Gasteiger partial charge in [0.05, 0.1) is 5.56 Å². The van der Waals surface area contributed by atoms with Gasteiger partial charge in [0.1, 0.15) is 10.7 Å². The molecule has 0 heterocycles. The van der Waals surface area contributed by atoms with E-state index < -0.39 is 26.7 Å².